The lowest BCUT2D eigenvalue weighted by Gasteiger charge is -2.27. The Kier molecular flexibility index (Phi) is 54.7. The minimum atomic E-state index is -1.28. The number of hydrogen-bond donors (Lipinski definition) is 5. The molecule has 0 aromatic carbocycles. The van der Waals surface area contributed by atoms with Gasteiger partial charge in [-0.05, 0) is 64.2 Å². The van der Waals surface area contributed by atoms with E-state index >= 15 is 0 Å². The van der Waals surface area contributed by atoms with Gasteiger partial charge in [0.15, 0.2) is 0 Å². The summed E-state index contributed by atoms with van der Waals surface area (Å²) in [5.74, 6) is -0.588. The molecule has 5 N–H and O–H groups in total. The van der Waals surface area contributed by atoms with Crippen LogP contribution in [0.4, 0.5) is 0 Å². The predicted octanol–water partition coefficient (Wildman–Crippen LogP) is 17.8. The maximum absolute atomic E-state index is 12.6. The van der Waals surface area contributed by atoms with Crippen LogP contribution < -0.4 is 5.32 Å². The Bertz CT molecular complexity index is 1020. The minimum absolute atomic E-state index is 0.366. The van der Waals surface area contributed by atoms with Crippen LogP contribution in [0.1, 0.15) is 328 Å². The van der Waals surface area contributed by atoms with Gasteiger partial charge in [-0.15, -0.1) is 0 Å². The number of carbonyl (C=O) groups excluding carboxylic acids is 1. The zero-order valence-corrected chi connectivity index (χ0v) is 45.2. The monoisotopic (exact) mass is 946 g/mol. The van der Waals surface area contributed by atoms with Gasteiger partial charge in [0.25, 0.3) is 0 Å². The highest BCUT2D eigenvalue weighted by Crippen LogP contribution is 2.18. The van der Waals surface area contributed by atoms with Crippen LogP contribution in [0.15, 0.2) is 24.3 Å². The Labute approximate surface area is 418 Å². The summed E-state index contributed by atoms with van der Waals surface area (Å²) >= 11 is 0. The SMILES string of the molecule is CCCCCCCCCCCCCC/C=C\CCCCCCCCCCCCCCCCC(O)C(=O)NC(CO)C(O)C(O)CCC/C=C/CCCCCCCCCCCCCCCCCC. The number of unbranched alkanes of at least 4 members (excludes halogenated alkanes) is 43. The molecule has 0 aliphatic carbocycles. The number of hydrogen-bond acceptors (Lipinski definition) is 5. The Morgan fingerprint density at radius 1 is 0.358 bits per heavy atom. The molecule has 67 heavy (non-hydrogen) atoms. The average Bonchev–Trinajstić information content (AvgIpc) is 3.33. The van der Waals surface area contributed by atoms with E-state index in [2.05, 4.69) is 43.5 Å². The van der Waals surface area contributed by atoms with E-state index in [1.165, 1.54) is 263 Å². The largest absolute Gasteiger partial charge is 0.394 e. The fourth-order valence-corrected chi connectivity index (χ4v) is 9.64. The predicted molar refractivity (Wildman–Crippen MR) is 293 cm³/mol. The van der Waals surface area contributed by atoms with E-state index in [0.29, 0.717) is 12.8 Å². The first-order valence-corrected chi connectivity index (χ1v) is 30.2. The van der Waals surface area contributed by atoms with Crippen molar-refractivity contribution < 1.29 is 25.2 Å². The summed E-state index contributed by atoms with van der Waals surface area (Å²) in [6.45, 7) is 4.08. The van der Waals surface area contributed by atoms with Crippen molar-refractivity contribution in [3.63, 3.8) is 0 Å². The standard InChI is InChI=1S/C61H119NO5/c1-3-5-7-9-11-13-15-17-19-21-23-25-26-27-28-29-30-31-32-33-35-37-39-41-43-45-47-49-51-53-55-59(65)61(67)62-57(56-63)60(66)58(64)54-52-50-48-46-44-42-40-38-36-34-24-22-20-18-16-14-12-10-8-6-4-2/h27-28,46,48,57-60,63-66H,3-26,29-45,47,49-56H2,1-2H3,(H,62,67)/b28-27-,48-46+. The zero-order valence-electron chi connectivity index (χ0n) is 45.2. The molecule has 0 aromatic rings. The van der Waals surface area contributed by atoms with E-state index in [1.54, 1.807) is 0 Å². The summed E-state index contributed by atoms with van der Waals surface area (Å²) in [4.78, 5) is 12.6. The van der Waals surface area contributed by atoms with Crippen LogP contribution in [0.25, 0.3) is 0 Å². The molecule has 0 radical (unpaired) electrons. The van der Waals surface area contributed by atoms with Crippen molar-refractivity contribution in [3.8, 4) is 0 Å². The third-order valence-corrected chi connectivity index (χ3v) is 14.4. The van der Waals surface area contributed by atoms with Crippen LogP contribution in [0.3, 0.4) is 0 Å². The number of amides is 1. The highest BCUT2D eigenvalue weighted by Gasteiger charge is 2.28. The molecule has 0 aliphatic rings. The Morgan fingerprint density at radius 3 is 0.896 bits per heavy atom. The summed E-state index contributed by atoms with van der Waals surface area (Å²) in [6.07, 6.45) is 68.4. The number of aliphatic hydroxyl groups is 4. The van der Waals surface area contributed by atoms with Crippen molar-refractivity contribution in [1.82, 2.24) is 5.32 Å². The lowest BCUT2D eigenvalue weighted by Crippen LogP contribution is -2.53. The average molecular weight is 947 g/mol. The molecule has 0 spiro atoms. The number of nitrogens with one attached hydrogen (secondary N) is 1. The van der Waals surface area contributed by atoms with Crippen LogP contribution >= 0.6 is 0 Å². The first kappa shape index (κ1) is 65.8. The smallest absolute Gasteiger partial charge is 0.249 e. The molecule has 0 saturated heterocycles. The van der Waals surface area contributed by atoms with Gasteiger partial charge < -0.3 is 25.7 Å². The van der Waals surface area contributed by atoms with Gasteiger partial charge in [-0.25, -0.2) is 0 Å². The molecular weight excluding hydrogens is 827 g/mol. The van der Waals surface area contributed by atoms with Crippen molar-refractivity contribution in [2.45, 2.75) is 353 Å². The molecule has 398 valence electrons. The highest BCUT2D eigenvalue weighted by atomic mass is 16.3. The highest BCUT2D eigenvalue weighted by molar-refractivity contribution is 5.80. The van der Waals surface area contributed by atoms with Crippen molar-refractivity contribution >= 4 is 5.91 Å². The fourth-order valence-electron chi connectivity index (χ4n) is 9.64. The molecule has 0 heterocycles. The van der Waals surface area contributed by atoms with E-state index < -0.39 is 36.9 Å². The Balaban J connectivity index is 3.60. The van der Waals surface area contributed by atoms with E-state index in [-0.39, 0.29) is 0 Å². The summed E-state index contributed by atoms with van der Waals surface area (Å²) in [5.41, 5.74) is 0. The van der Waals surface area contributed by atoms with Crippen LogP contribution in [-0.4, -0.2) is 57.3 Å². The van der Waals surface area contributed by atoms with Crippen molar-refractivity contribution in [2.75, 3.05) is 6.61 Å². The van der Waals surface area contributed by atoms with Gasteiger partial charge in [0.1, 0.15) is 12.2 Å². The molecule has 6 nitrogen and oxygen atoms in total. The Hall–Kier alpha value is -1.21. The number of rotatable bonds is 56. The van der Waals surface area contributed by atoms with E-state index in [9.17, 15) is 25.2 Å². The van der Waals surface area contributed by atoms with Crippen LogP contribution in [-0.2, 0) is 4.79 Å². The van der Waals surface area contributed by atoms with Gasteiger partial charge in [0.2, 0.25) is 5.91 Å². The maximum atomic E-state index is 12.6. The van der Waals surface area contributed by atoms with Crippen LogP contribution in [0.2, 0.25) is 0 Å². The maximum Gasteiger partial charge on any atom is 0.249 e. The first-order chi connectivity index (χ1) is 33.0. The lowest BCUT2D eigenvalue weighted by atomic mass is 10.00. The van der Waals surface area contributed by atoms with Crippen molar-refractivity contribution in [3.05, 3.63) is 24.3 Å². The molecular formula is C61H119NO5. The number of aliphatic hydroxyl groups excluding tert-OH is 4. The lowest BCUT2D eigenvalue weighted by molar-refractivity contribution is -0.132. The zero-order chi connectivity index (χ0) is 48.8. The summed E-state index contributed by atoms with van der Waals surface area (Å²) in [6, 6.07) is -1.00. The van der Waals surface area contributed by atoms with Gasteiger partial charge in [0, 0.05) is 0 Å². The molecule has 6 heteroatoms. The molecule has 0 fully saturated rings. The number of carbonyl (C=O) groups is 1. The van der Waals surface area contributed by atoms with Crippen LogP contribution in [0.5, 0.6) is 0 Å². The third-order valence-electron chi connectivity index (χ3n) is 14.4. The van der Waals surface area contributed by atoms with Gasteiger partial charge >= 0.3 is 0 Å². The molecule has 4 atom stereocenters. The molecule has 1 amide bonds. The Morgan fingerprint density at radius 2 is 0.612 bits per heavy atom. The molecule has 0 aliphatic heterocycles. The second kappa shape index (κ2) is 55.7. The first-order valence-electron chi connectivity index (χ1n) is 30.2. The summed E-state index contributed by atoms with van der Waals surface area (Å²) in [5, 5.41) is 44.0. The van der Waals surface area contributed by atoms with Gasteiger partial charge in [-0.1, -0.05) is 289 Å². The summed E-state index contributed by atoms with van der Waals surface area (Å²) in [7, 11) is 0. The molecule has 0 rings (SSSR count). The normalized spacial score (nSPS) is 13.8. The third kappa shape index (κ3) is 49.6. The topological polar surface area (TPSA) is 110 Å². The fraction of sp³-hybridized carbons (Fsp3) is 0.918. The van der Waals surface area contributed by atoms with E-state index in [1.807, 2.05) is 0 Å². The van der Waals surface area contributed by atoms with Crippen molar-refractivity contribution in [1.29, 1.82) is 0 Å². The van der Waals surface area contributed by atoms with Gasteiger partial charge in [0.05, 0.1) is 18.8 Å². The quantitative estimate of drug-likeness (QED) is 0.0308. The van der Waals surface area contributed by atoms with E-state index in [4.69, 9.17) is 0 Å². The molecule has 0 saturated carbocycles. The van der Waals surface area contributed by atoms with Crippen LogP contribution in [0, 0.1) is 0 Å². The molecule has 0 bridgehead atoms. The van der Waals surface area contributed by atoms with Gasteiger partial charge in [-0.2, -0.15) is 0 Å². The molecule has 4 unspecified atom stereocenters. The van der Waals surface area contributed by atoms with Crippen molar-refractivity contribution in [2.24, 2.45) is 0 Å². The number of allylic oxidation sites excluding steroid dienone is 4. The second-order valence-electron chi connectivity index (χ2n) is 21.0. The molecule has 0 aromatic heterocycles. The van der Waals surface area contributed by atoms with Gasteiger partial charge in [-0.3, -0.25) is 4.79 Å². The minimum Gasteiger partial charge on any atom is -0.394 e. The van der Waals surface area contributed by atoms with E-state index in [0.717, 1.165) is 38.5 Å². The summed E-state index contributed by atoms with van der Waals surface area (Å²) < 4.78 is 0. The second-order valence-corrected chi connectivity index (χ2v) is 21.0.